The van der Waals surface area contributed by atoms with Gasteiger partial charge in [-0.25, -0.2) is 0 Å². The van der Waals surface area contributed by atoms with E-state index in [0.29, 0.717) is 11.1 Å². The molecule has 0 radical (unpaired) electrons. The summed E-state index contributed by atoms with van der Waals surface area (Å²) in [6, 6.07) is 57.6. The van der Waals surface area contributed by atoms with E-state index in [2.05, 4.69) is 78.9 Å². The highest BCUT2D eigenvalue weighted by Gasteiger charge is 2.37. The van der Waals surface area contributed by atoms with Crippen LogP contribution in [-0.2, 0) is 4.79 Å². The molecule has 9 rings (SSSR count). The highest BCUT2D eigenvalue weighted by molar-refractivity contribution is 6.63. The Hall–Kier alpha value is -6.38. The Labute approximate surface area is 278 Å². The van der Waals surface area contributed by atoms with Crippen LogP contribution in [0.25, 0.3) is 65.7 Å². The lowest BCUT2D eigenvalue weighted by atomic mass is 9.73. The predicted octanol–water partition coefficient (Wildman–Crippen LogP) is 11.2. The van der Waals surface area contributed by atoms with Crippen molar-refractivity contribution in [1.82, 2.24) is 0 Å². The zero-order valence-electron chi connectivity index (χ0n) is 26.0. The highest BCUT2D eigenvalue weighted by atomic mass is 16.2. The third-order valence-corrected chi connectivity index (χ3v) is 9.53. The van der Waals surface area contributed by atoms with Crippen molar-refractivity contribution < 1.29 is 9.59 Å². The minimum atomic E-state index is -0.485. The van der Waals surface area contributed by atoms with Gasteiger partial charge < -0.3 is 0 Å². The molecule has 1 aliphatic rings. The number of carbonyl (C=O) groups excluding carboxylic acids is 2. The molecule has 1 aliphatic carbocycles. The highest BCUT2D eigenvalue weighted by Crippen LogP contribution is 2.50. The minimum Gasteiger partial charge on any atom is -0.285 e. The number of hydrogen-bond acceptors (Lipinski definition) is 2. The Kier molecular flexibility index (Phi) is 6.48. The van der Waals surface area contributed by atoms with Crippen LogP contribution in [-0.4, -0.2) is 11.6 Å². The van der Waals surface area contributed by atoms with Gasteiger partial charge in [-0.2, -0.15) is 0 Å². The first-order chi connectivity index (χ1) is 23.7. The summed E-state index contributed by atoms with van der Waals surface area (Å²) < 4.78 is 0. The van der Waals surface area contributed by atoms with E-state index in [1.807, 2.05) is 91.0 Å². The van der Waals surface area contributed by atoms with Crippen LogP contribution in [0.3, 0.4) is 0 Å². The molecule has 0 fully saturated rings. The van der Waals surface area contributed by atoms with Gasteiger partial charge in [0.25, 0.3) is 0 Å². The molecule has 2 heteroatoms. The summed E-state index contributed by atoms with van der Waals surface area (Å²) in [6.07, 6.45) is 0. The normalized spacial score (nSPS) is 13.0. The summed E-state index contributed by atoms with van der Waals surface area (Å²) in [7, 11) is 0. The molecular formula is C46H28O2. The standard InChI is InChI=1S/C46H28O2/c47-45-38-28-36-26-35-25-33-23-13-14-24-34(33)27-37(35)39(29-15-5-1-6-16-29)42(36)40(30-17-7-2-8-18-30)44(38)41(31-19-9-3-10-20-31)43(46(45)48)32-21-11-4-12-22-32/h1-28H. The number of Topliss-reactive ketones (excluding diaryl/α,β-unsaturated/α-hetero) is 2. The molecular weight excluding hydrogens is 585 g/mol. The molecule has 8 aromatic rings. The van der Waals surface area contributed by atoms with E-state index in [1.54, 1.807) is 0 Å². The lowest BCUT2D eigenvalue weighted by Crippen LogP contribution is -2.24. The van der Waals surface area contributed by atoms with Crippen LogP contribution in [0.5, 0.6) is 0 Å². The van der Waals surface area contributed by atoms with Crippen LogP contribution in [0.4, 0.5) is 0 Å². The van der Waals surface area contributed by atoms with E-state index in [0.717, 1.165) is 76.8 Å². The van der Waals surface area contributed by atoms with Crippen molar-refractivity contribution in [3.8, 4) is 22.3 Å². The Morgan fingerprint density at radius 3 is 1.35 bits per heavy atom. The second kappa shape index (κ2) is 11.2. The quantitative estimate of drug-likeness (QED) is 0.146. The maximum atomic E-state index is 14.4. The van der Waals surface area contributed by atoms with Crippen LogP contribution in [0.1, 0.15) is 27.0 Å². The molecule has 0 bridgehead atoms. The smallest absolute Gasteiger partial charge is 0.234 e. The molecule has 0 aliphatic heterocycles. The van der Waals surface area contributed by atoms with Crippen molar-refractivity contribution >= 4 is 55.0 Å². The molecule has 0 saturated heterocycles. The van der Waals surface area contributed by atoms with Gasteiger partial charge in [-0.05, 0) is 90.0 Å². The van der Waals surface area contributed by atoms with E-state index in [9.17, 15) is 9.59 Å². The topological polar surface area (TPSA) is 34.1 Å². The monoisotopic (exact) mass is 612 g/mol. The molecule has 0 aromatic heterocycles. The molecule has 0 unspecified atom stereocenters. The van der Waals surface area contributed by atoms with Crippen molar-refractivity contribution in [3.63, 3.8) is 0 Å². The van der Waals surface area contributed by atoms with Gasteiger partial charge in [-0.15, -0.1) is 0 Å². The van der Waals surface area contributed by atoms with Gasteiger partial charge in [0.2, 0.25) is 11.6 Å². The van der Waals surface area contributed by atoms with Gasteiger partial charge in [-0.1, -0.05) is 146 Å². The Bertz CT molecular complexity index is 2600. The fraction of sp³-hybridized carbons (Fsp3) is 0. The molecule has 0 heterocycles. The summed E-state index contributed by atoms with van der Waals surface area (Å²) >= 11 is 0. The van der Waals surface area contributed by atoms with Crippen molar-refractivity contribution in [2.75, 3.05) is 0 Å². The number of fused-ring (bicyclic) bond motifs is 4. The van der Waals surface area contributed by atoms with E-state index >= 15 is 0 Å². The van der Waals surface area contributed by atoms with E-state index in [-0.39, 0.29) is 0 Å². The number of hydrogen-bond donors (Lipinski definition) is 0. The third kappa shape index (κ3) is 4.35. The SMILES string of the molecule is O=C1C(=O)c2cc3cc4cc5ccccc5cc4c(-c4ccccc4)c3c(-c3ccccc3)c2C(c2ccccc2)=C1c1ccccc1. The Balaban J connectivity index is 1.56. The maximum Gasteiger partial charge on any atom is 0.234 e. The van der Waals surface area contributed by atoms with Crippen LogP contribution in [0, 0.1) is 0 Å². The van der Waals surface area contributed by atoms with Crippen molar-refractivity contribution in [3.05, 3.63) is 192 Å². The van der Waals surface area contributed by atoms with Crippen LogP contribution >= 0.6 is 0 Å². The predicted molar refractivity (Wildman–Crippen MR) is 198 cm³/mol. The summed E-state index contributed by atoms with van der Waals surface area (Å²) in [5, 5.41) is 6.51. The van der Waals surface area contributed by atoms with Crippen LogP contribution < -0.4 is 0 Å². The van der Waals surface area contributed by atoms with Gasteiger partial charge in [0, 0.05) is 22.3 Å². The maximum absolute atomic E-state index is 14.4. The molecule has 0 atom stereocenters. The van der Waals surface area contributed by atoms with E-state index < -0.39 is 11.6 Å². The second-order valence-corrected chi connectivity index (χ2v) is 12.3. The number of allylic oxidation sites excluding steroid dienone is 1. The van der Waals surface area contributed by atoms with Gasteiger partial charge in [0.15, 0.2) is 0 Å². The van der Waals surface area contributed by atoms with Gasteiger partial charge in [0.1, 0.15) is 0 Å². The third-order valence-electron chi connectivity index (χ3n) is 9.53. The lowest BCUT2D eigenvalue weighted by Gasteiger charge is -2.28. The molecule has 224 valence electrons. The van der Waals surface area contributed by atoms with Gasteiger partial charge >= 0.3 is 0 Å². The van der Waals surface area contributed by atoms with Crippen molar-refractivity contribution in [2.45, 2.75) is 0 Å². The van der Waals surface area contributed by atoms with Crippen molar-refractivity contribution in [2.24, 2.45) is 0 Å². The molecule has 0 spiro atoms. The van der Waals surface area contributed by atoms with Gasteiger partial charge in [-0.3, -0.25) is 9.59 Å². The van der Waals surface area contributed by atoms with Crippen LogP contribution in [0.15, 0.2) is 170 Å². The molecule has 0 saturated carbocycles. The largest absolute Gasteiger partial charge is 0.285 e. The summed E-state index contributed by atoms with van der Waals surface area (Å²) in [4.78, 5) is 28.7. The molecule has 2 nitrogen and oxygen atoms in total. The zero-order chi connectivity index (χ0) is 32.2. The molecule has 0 N–H and O–H groups in total. The zero-order valence-corrected chi connectivity index (χ0v) is 26.0. The van der Waals surface area contributed by atoms with Gasteiger partial charge in [0.05, 0.1) is 0 Å². The fourth-order valence-corrected chi connectivity index (χ4v) is 7.47. The Morgan fingerprint density at radius 2 is 0.771 bits per heavy atom. The van der Waals surface area contributed by atoms with Crippen LogP contribution in [0.2, 0.25) is 0 Å². The number of ketones is 2. The number of carbonyl (C=O) groups is 2. The first-order valence-electron chi connectivity index (χ1n) is 16.2. The minimum absolute atomic E-state index is 0.434. The average Bonchev–Trinajstić information content (AvgIpc) is 3.15. The molecule has 48 heavy (non-hydrogen) atoms. The fourth-order valence-electron chi connectivity index (χ4n) is 7.47. The molecule has 0 amide bonds. The summed E-state index contributed by atoms with van der Waals surface area (Å²) in [6.45, 7) is 0. The Morgan fingerprint density at radius 1 is 0.312 bits per heavy atom. The first kappa shape index (κ1) is 27.9. The summed E-state index contributed by atoms with van der Waals surface area (Å²) in [5.74, 6) is -0.969. The summed E-state index contributed by atoms with van der Waals surface area (Å²) in [5.41, 5.74) is 8.19. The lowest BCUT2D eigenvalue weighted by molar-refractivity contribution is -0.110. The number of benzene rings is 8. The van der Waals surface area contributed by atoms with E-state index in [4.69, 9.17) is 0 Å². The number of rotatable bonds is 4. The van der Waals surface area contributed by atoms with Crippen molar-refractivity contribution in [1.29, 1.82) is 0 Å². The molecule has 8 aromatic carbocycles. The average molecular weight is 613 g/mol. The van der Waals surface area contributed by atoms with E-state index in [1.165, 1.54) is 0 Å². The first-order valence-corrected chi connectivity index (χ1v) is 16.2. The second-order valence-electron chi connectivity index (χ2n) is 12.3.